The number of rotatable bonds is 5. The molecule has 1 fully saturated rings. The predicted octanol–water partition coefficient (Wildman–Crippen LogP) is 2.57. The second-order valence-corrected chi connectivity index (χ2v) is 8.87. The van der Waals surface area contributed by atoms with Gasteiger partial charge in [-0.15, -0.1) is 0 Å². The van der Waals surface area contributed by atoms with E-state index in [-0.39, 0.29) is 30.0 Å². The van der Waals surface area contributed by atoms with Gasteiger partial charge >= 0.3 is 0 Å². The van der Waals surface area contributed by atoms with Crippen LogP contribution in [0.15, 0.2) is 40.4 Å². The van der Waals surface area contributed by atoms with E-state index < -0.39 is 0 Å². The molecule has 0 spiro atoms. The SMILES string of the molecule is O=C(C[C@@H]1CSc2nc3c(cnn3-c3cccc(Cl)c3)c(=O)n21)NC[C@H]1CCCO1. The molecule has 3 aromatic rings. The molecule has 4 heterocycles. The average molecular weight is 446 g/mol. The minimum absolute atomic E-state index is 0.0782. The van der Waals surface area contributed by atoms with Gasteiger partial charge in [0.1, 0.15) is 5.39 Å². The lowest BCUT2D eigenvalue weighted by Crippen LogP contribution is -2.34. The Morgan fingerprint density at radius 1 is 1.40 bits per heavy atom. The second kappa shape index (κ2) is 8.05. The minimum Gasteiger partial charge on any atom is -0.376 e. The van der Waals surface area contributed by atoms with E-state index in [4.69, 9.17) is 16.3 Å². The number of thioether (sulfide) groups is 1. The van der Waals surface area contributed by atoms with Crippen molar-refractivity contribution in [1.29, 1.82) is 0 Å². The van der Waals surface area contributed by atoms with Crippen molar-refractivity contribution in [3.63, 3.8) is 0 Å². The van der Waals surface area contributed by atoms with Crippen LogP contribution in [0.1, 0.15) is 25.3 Å². The smallest absolute Gasteiger partial charge is 0.265 e. The predicted molar refractivity (Wildman–Crippen MR) is 114 cm³/mol. The lowest BCUT2D eigenvalue weighted by molar-refractivity contribution is -0.122. The summed E-state index contributed by atoms with van der Waals surface area (Å²) in [5.74, 6) is 0.554. The molecule has 1 amide bonds. The summed E-state index contributed by atoms with van der Waals surface area (Å²) in [6, 6.07) is 7.01. The zero-order valence-electron chi connectivity index (χ0n) is 16.1. The fraction of sp³-hybridized carbons (Fsp3) is 0.400. The Balaban J connectivity index is 1.40. The molecule has 156 valence electrons. The number of ether oxygens (including phenoxy) is 1. The number of nitrogens with one attached hydrogen (secondary N) is 1. The van der Waals surface area contributed by atoms with Crippen LogP contribution in [0.5, 0.6) is 0 Å². The van der Waals surface area contributed by atoms with Crippen LogP contribution in [0, 0.1) is 0 Å². The topological polar surface area (TPSA) is 91.0 Å². The highest BCUT2D eigenvalue weighted by molar-refractivity contribution is 7.99. The number of benzene rings is 1. The van der Waals surface area contributed by atoms with Gasteiger partial charge in [0, 0.05) is 30.3 Å². The Morgan fingerprint density at radius 2 is 2.30 bits per heavy atom. The van der Waals surface area contributed by atoms with Gasteiger partial charge in [0.2, 0.25) is 5.91 Å². The van der Waals surface area contributed by atoms with Crippen molar-refractivity contribution in [3.05, 3.63) is 45.8 Å². The monoisotopic (exact) mass is 445 g/mol. The third-order valence-electron chi connectivity index (χ3n) is 5.40. The first-order valence-corrected chi connectivity index (χ1v) is 11.2. The molecule has 0 unspecified atom stereocenters. The molecule has 1 saturated heterocycles. The number of aromatic nitrogens is 4. The van der Waals surface area contributed by atoms with Crippen molar-refractivity contribution < 1.29 is 9.53 Å². The number of carbonyl (C=O) groups excluding carboxylic acids is 1. The molecule has 2 aliphatic heterocycles. The molecule has 8 nitrogen and oxygen atoms in total. The maximum absolute atomic E-state index is 13.2. The van der Waals surface area contributed by atoms with E-state index in [0.717, 1.165) is 25.1 Å². The Labute approximate surface area is 181 Å². The van der Waals surface area contributed by atoms with E-state index in [2.05, 4.69) is 15.4 Å². The van der Waals surface area contributed by atoms with Gasteiger partial charge in [0.15, 0.2) is 10.8 Å². The van der Waals surface area contributed by atoms with Gasteiger partial charge in [-0.25, -0.2) is 9.67 Å². The fourth-order valence-electron chi connectivity index (χ4n) is 3.90. The number of nitrogens with zero attached hydrogens (tertiary/aromatic N) is 4. The van der Waals surface area contributed by atoms with E-state index >= 15 is 0 Å². The highest BCUT2D eigenvalue weighted by Gasteiger charge is 2.30. The highest BCUT2D eigenvalue weighted by Crippen LogP contribution is 2.33. The van der Waals surface area contributed by atoms with Crippen molar-refractivity contribution in [1.82, 2.24) is 24.6 Å². The van der Waals surface area contributed by atoms with Gasteiger partial charge in [-0.05, 0) is 31.0 Å². The number of fused-ring (bicyclic) bond motifs is 2. The molecule has 2 aliphatic rings. The van der Waals surface area contributed by atoms with E-state index in [9.17, 15) is 9.59 Å². The number of halogens is 1. The molecule has 1 N–H and O–H groups in total. The molecule has 2 aromatic heterocycles. The third-order valence-corrected chi connectivity index (χ3v) is 6.73. The van der Waals surface area contributed by atoms with Gasteiger partial charge in [-0.3, -0.25) is 14.2 Å². The molecule has 30 heavy (non-hydrogen) atoms. The van der Waals surface area contributed by atoms with Crippen molar-refractivity contribution in [2.75, 3.05) is 18.9 Å². The van der Waals surface area contributed by atoms with Crippen LogP contribution in [0.4, 0.5) is 0 Å². The first-order valence-electron chi connectivity index (χ1n) is 9.87. The molecule has 0 radical (unpaired) electrons. The molecule has 0 aliphatic carbocycles. The van der Waals surface area contributed by atoms with Crippen LogP contribution < -0.4 is 10.9 Å². The summed E-state index contributed by atoms with van der Waals surface area (Å²) in [4.78, 5) is 30.3. The molecule has 5 rings (SSSR count). The molecule has 10 heteroatoms. The molecule has 0 saturated carbocycles. The van der Waals surface area contributed by atoms with E-state index in [0.29, 0.717) is 33.5 Å². The van der Waals surface area contributed by atoms with Gasteiger partial charge < -0.3 is 10.1 Å². The zero-order valence-corrected chi connectivity index (χ0v) is 17.7. The molecular formula is C20H20ClN5O3S. The van der Waals surface area contributed by atoms with Crippen LogP contribution in [0.3, 0.4) is 0 Å². The number of carbonyl (C=O) groups is 1. The Bertz CT molecular complexity index is 1170. The Kier molecular flexibility index (Phi) is 5.26. The summed E-state index contributed by atoms with van der Waals surface area (Å²) in [5, 5.41) is 8.89. The lowest BCUT2D eigenvalue weighted by atomic mass is 10.2. The maximum atomic E-state index is 13.2. The average Bonchev–Trinajstić information content (AvgIpc) is 3.47. The van der Waals surface area contributed by atoms with E-state index in [1.165, 1.54) is 18.0 Å². The highest BCUT2D eigenvalue weighted by atomic mass is 35.5. The van der Waals surface area contributed by atoms with Crippen LogP contribution in [0.25, 0.3) is 16.7 Å². The van der Waals surface area contributed by atoms with Crippen LogP contribution in [-0.2, 0) is 9.53 Å². The number of hydrogen-bond donors (Lipinski definition) is 1. The molecule has 1 aromatic carbocycles. The van der Waals surface area contributed by atoms with Gasteiger partial charge in [-0.1, -0.05) is 29.4 Å². The summed E-state index contributed by atoms with van der Waals surface area (Å²) in [6.07, 6.45) is 3.87. The summed E-state index contributed by atoms with van der Waals surface area (Å²) in [6.45, 7) is 1.28. The molecule has 2 atom stereocenters. The second-order valence-electron chi connectivity index (χ2n) is 7.45. The third kappa shape index (κ3) is 3.61. The van der Waals surface area contributed by atoms with Crippen LogP contribution >= 0.6 is 23.4 Å². The van der Waals surface area contributed by atoms with Gasteiger partial charge in [0.05, 0.1) is 24.0 Å². The first kappa shape index (κ1) is 19.6. The van der Waals surface area contributed by atoms with Crippen molar-refractivity contribution in [2.24, 2.45) is 0 Å². The first-order chi connectivity index (χ1) is 14.6. The Morgan fingerprint density at radius 3 is 3.10 bits per heavy atom. The van der Waals surface area contributed by atoms with Crippen molar-refractivity contribution in [2.45, 2.75) is 36.6 Å². The van der Waals surface area contributed by atoms with E-state index in [1.807, 2.05) is 12.1 Å². The number of hydrogen-bond acceptors (Lipinski definition) is 6. The summed E-state index contributed by atoms with van der Waals surface area (Å²) >= 11 is 7.58. The standard InChI is InChI=1S/C20H20ClN5O3S/c21-12-3-1-4-13(7-12)26-18-16(10-23-26)19(28)25-14(11-30-20(25)24-18)8-17(27)22-9-15-5-2-6-29-15/h1,3-4,7,10,14-15H,2,5-6,8-9,11H2,(H,22,27)/t14-,15-/m1/s1. The normalized spacial score (nSPS) is 20.6. The quantitative estimate of drug-likeness (QED) is 0.607. The fourth-order valence-corrected chi connectivity index (χ4v) is 5.21. The summed E-state index contributed by atoms with van der Waals surface area (Å²) < 4.78 is 8.79. The van der Waals surface area contributed by atoms with Gasteiger partial charge in [0.25, 0.3) is 5.56 Å². The summed E-state index contributed by atoms with van der Waals surface area (Å²) in [5.41, 5.74) is 1.05. The Hall–Kier alpha value is -2.36. The summed E-state index contributed by atoms with van der Waals surface area (Å²) in [7, 11) is 0. The van der Waals surface area contributed by atoms with Crippen molar-refractivity contribution in [3.8, 4) is 5.69 Å². The zero-order chi connectivity index (χ0) is 20.7. The van der Waals surface area contributed by atoms with Crippen LogP contribution in [-0.4, -0.2) is 50.2 Å². The molecule has 0 bridgehead atoms. The largest absolute Gasteiger partial charge is 0.376 e. The lowest BCUT2D eigenvalue weighted by Gasteiger charge is -2.15. The number of amides is 1. The maximum Gasteiger partial charge on any atom is 0.265 e. The molecular weight excluding hydrogens is 426 g/mol. The van der Waals surface area contributed by atoms with Crippen molar-refractivity contribution >= 4 is 40.3 Å². The minimum atomic E-state index is -0.228. The van der Waals surface area contributed by atoms with Crippen LogP contribution in [0.2, 0.25) is 5.02 Å². The van der Waals surface area contributed by atoms with Gasteiger partial charge in [-0.2, -0.15) is 5.10 Å². The van der Waals surface area contributed by atoms with E-state index in [1.54, 1.807) is 21.4 Å².